The van der Waals surface area contributed by atoms with Crippen molar-refractivity contribution in [2.45, 2.75) is 25.9 Å². The minimum absolute atomic E-state index is 0.104. The SMILES string of the molecule is O=C(COc1ccc2c(c1)CCC2)OCc1nc(-c2ccc(Cl)cc2)no1. The van der Waals surface area contributed by atoms with Crippen molar-refractivity contribution < 1.29 is 18.8 Å². The van der Waals surface area contributed by atoms with Crippen LogP contribution in [0.4, 0.5) is 0 Å². The summed E-state index contributed by atoms with van der Waals surface area (Å²) < 4.78 is 15.7. The molecule has 0 N–H and O–H groups in total. The van der Waals surface area contributed by atoms with Crippen LogP contribution in [-0.4, -0.2) is 22.7 Å². The molecule has 0 aliphatic heterocycles. The zero-order valence-electron chi connectivity index (χ0n) is 14.5. The fraction of sp³-hybridized carbons (Fsp3) is 0.250. The monoisotopic (exact) mass is 384 g/mol. The predicted molar refractivity (Wildman–Crippen MR) is 98.5 cm³/mol. The van der Waals surface area contributed by atoms with Crippen LogP contribution >= 0.6 is 11.6 Å². The molecule has 0 saturated carbocycles. The lowest BCUT2D eigenvalue weighted by Gasteiger charge is -2.07. The van der Waals surface area contributed by atoms with Gasteiger partial charge < -0.3 is 14.0 Å². The molecule has 0 amide bonds. The van der Waals surface area contributed by atoms with Gasteiger partial charge in [-0.05, 0) is 66.8 Å². The quantitative estimate of drug-likeness (QED) is 0.598. The van der Waals surface area contributed by atoms with Gasteiger partial charge in [0.25, 0.3) is 5.89 Å². The second kappa shape index (κ2) is 7.80. The van der Waals surface area contributed by atoms with E-state index in [9.17, 15) is 4.79 Å². The molecule has 0 radical (unpaired) electrons. The summed E-state index contributed by atoms with van der Waals surface area (Å²) >= 11 is 5.86. The molecule has 1 aliphatic rings. The van der Waals surface area contributed by atoms with Crippen molar-refractivity contribution in [3.63, 3.8) is 0 Å². The Morgan fingerprint density at radius 3 is 2.78 bits per heavy atom. The van der Waals surface area contributed by atoms with Crippen LogP contribution in [0.25, 0.3) is 11.4 Å². The van der Waals surface area contributed by atoms with E-state index in [2.05, 4.69) is 16.2 Å². The first-order chi connectivity index (χ1) is 13.2. The molecule has 0 saturated heterocycles. The minimum Gasteiger partial charge on any atom is -0.482 e. The van der Waals surface area contributed by atoms with Crippen molar-refractivity contribution in [3.8, 4) is 17.1 Å². The van der Waals surface area contributed by atoms with Crippen molar-refractivity contribution in [1.29, 1.82) is 0 Å². The number of hydrogen-bond acceptors (Lipinski definition) is 6. The number of aromatic nitrogens is 2. The summed E-state index contributed by atoms with van der Waals surface area (Å²) in [7, 11) is 0. The Bertz CT molecular complexity index is 953. The van der Waals surface area contributed by atoms with Gasteiger partial charge in [-0.15, -0.1) is 0 Å². The number of ether oxygens (including phenoxy) is 2. The average Bonchev–Trinajstić information content (AvgIpc) is 3.34. The Balaban J connectivity index is 1.27. The fourth-order valence-corrected chi connectivity index (χ4v) is 3.12. The molecule has 3 aromatic rings. The summed E-state index contributed by atoms with van der Waals surface area (Å²) in [5.74, 6) is 0.801. The molecule has 1 aromatic heterocycles. The summed E-state index contributed by atoms with van der Waals surface area (Å²) in [5, 5.41) is 4.49. The Labute approximate surface area is 161 Å². The van der Waals surface area contributed by atoms with Gasteiger partial charge in [-0.2, -0.15) is 4.98 Å². The highest BCUT2D eigenvalue weighted by Gasteiger charge is 2.14. The van der Waals surface area contributed by atoms with Gasteiger partial charge >= 0.3 is 5.97 Å². The zero-order valence-corrected chi connectivity index (χ0v) is 15.2. The number of rotatable bonds is 6. The maximum atomic E-state index is 11.9. The molecule has 0 atom stereocenters. The highest BCUT2D eigenvalue weighted by Crippen LogP contribution is 2.26. The lowest BCUT2D eigenvalue weighted by Crippen LogP contribution is -2.15. The van der Waals surface area contributed by atoms with Gasteiger partial charge in [0.2, 0.25) is 5.82 Å². The molecule has 2 aromatic carbocycles. The van der Waals surface area contributed by atoms with Gasteiger partial charge in [0, 0.05) is 10.6 Å². The first-order valence-corrected chi connectivity index (χ1v) is 9.04. The van der Waals surface area contributed by atoms with E-state index in [1.807, 2.05) is 12.1 Å². The number of carbonyl (C=O) groups is 1. The standard InChI is InChI=1S/C20H17ClN2O4/c21-16-7-4-14(5-8-16)20-22-18(27-23-20)11-26-19(24)12-25-17-9-6-13-2-1-3-15(13)10-17/h4-10H,1-3,11-12H2. The van der Waals surface area contributed by atoms with Gasteiger partial charge in [0.15, 0.2) is 13.2 Å². The van der Waals surface area contributed by atoms with Gasteiger partial charge in [-0.25, -0.2) is 4.79 Å². The lowest BCUT2D eigenvalue weighted by molar-refractivity contribution is -0.148. The summed E-state index contributed by atoms with van der Waals surface area (Å²) in [6.45, 7) is -0.274. The van der Waals surface area contributed by atoms with E-state index in [-0.39, 0.29) is 19.1 Å². The molecule has 4 rings (SSSR count). The Morgan fingerprint density at radius 2 is 1.93 bits per heavy atom. The molecule has 1 heterocycles. The van der Waals surface area contributed by atoms with Crippen LogP contribution in [0.2, 0.25) is 5.02 Å². The second-order valence-electron chi connectivity index (χ2n) is 6.25. The van der Waals surface area contributed by atoms with Crippen LogP contribution in [0.1, 0.15) is 23.4 Å². The number of benzene rings is 2. The van der Waals surface area contributed by atoms with Crippen LogP contribution in [0.5, 0.6) is 5.75 Å². The number of carbonyl (C=O) groups excluding carboxylic acids is 1. The molecule has 1 aliphatic carbocycles. The first-order valence-electron chi connectivity index (χ1n) is 8.66. The molecular formula is C20H17ClN2O4. The van der Waals surface area contributed by atoms with Crippen LogP contribution in [0.15, 0.2) is 47.0 Å². The molecule has 7 heteroatoms. The minimum atomic E-state index is -0.498. The maximum Gasteiger partial charge on any atom is 0.344 e. The summed E-state index contributed by atoms with van der Waals surface area (Å²) in [6.07, 6.45) is 3.34. The number of hydrogen-bond donors (Lipinski definition) is 0. The van der Waals surface area contributed by atoms with E-state index in [1.54, 1.807) is 24.3 Å². The molecule has 0 unspecified atom stereocenters. The van der Waals surface area contributed by atoms with Gasteiger partial charge in [0.05, 0.1) is 0 Å². The van der Waals surface area contributed by atoms with Gasteiger partial charge in [-0.1, -0.05) is 22.8 Å². The molecule has 6 nitrogen and oxygen atoms in total. The molecule has 0 spiro atoms. The summed E-state index contributed by atoms with van der Waals surface area (Å²) in [5.41, 5.74) is 3.42. The van der Waals surface area contributed by atoms with Crippen molar-refractivity contribution in [1.82, 2.24) is 10.1 Å². The van der Waals surface area contributed by atoms with Crippen LogP contribution in [0, 0.1) is 0 Å². The maximum absolute atomic E-state index is 11.9. The van der Waals surface area contributed by atoms with E-state index in [4.69, 9.17) is 25.6 Å². The van der Waals surface area contributed by atoms with E-state index < -0.39 is 5.97 Å². The lowest BCUT2D eigenvalue weighted by atomic mass is 10.1. The smallest absolute Gasteiger partial charge is 0.344 e. The molecule has 0 bridgehead atoms. The van der Waals surface area contributed by atoms with Gasteiger partial charge in [-0.3, -0.25) is 0 Å². The molecular weight excluding hydrogens is 368 g/mol. The Morgan fingerprint density at radius 1 is 1.11 bits per heavy atom. The third-order valence-electron chi connectivity index (χ3n) is 4.35. The predicted octanol–water partition coefficient (Wildman–Crippen LogP) is 4.00. The normalized spacial score (nSPS) is 12.6. The van der Waals surface area contributed by atoms with Gasteiger partial charge in [0.1, 0.15) is 5.75 Å². The number of aryl methyl sites for hydroxylation is 2. The van der Waals surface area contributed by atoms with Crippen molar-refractivity contribution >= 4 is 17.6 Å². The van der Waals surface area contributed by atoms with Crippen LogP contribution in [0.3, 0.4) is 0 Å². The number of fused-ring (bicyclic) bond motifs is 1. The molecule has 0 fully saturated rings. The number of nitrogens with zero attached hydrogens (tertiary/aromatic N) is 2. The highest BCUT2D eigenvalue weighted by molar-refractivity contribution is 6.30. The largest absolute Gasteiger partial charge is 0.482 e. The van der Waals surface area contributed by atoms with E-state index in [0.717, 1.165) is 18.4 Å². The third kappa shape index (κ3) is 4.28. The Kier molecular flexibility index (Phi) is 5.07. The Hall–Kier alpha value is -2.86. The van der Waals surface area contributed by atoms with Crippen molar-refractivity contribution in [2.75, 3.05) is 6.61 Å². The second-order valence-corrected chi connectivity index (χ2v) is 6.69. The summed E-state index contributed by atoms with van der Waals surface area (Å²) in [6, 6.07) is 13.0. The van der Waals surface area contributed by atoms with E-state index in [1.165, 1.54) is 17.5 Å². The van der Waals surface area contributed by atoms with E-state index in [0.29, 0.717) is 16.6 Å². The number of esters is 1. The highest BCUT2D eigenvalue weighted by atomic mass is 35.5. The fourth-order valence-electron chi connectivity index (χ4n) is 2.99. The molecule has 138 valence electrons. The van der Waals surface area contributed by atoms with E-state index >= 15 is 0 Å². The first kappa shape index (κ1) is 17.5. The van der Waals surface area contributed by atoms with Crippen LogP contribution < -0.4 is 4.74 Å². The third-order valence-corrected chi connectivity index (χ3v) is 4.61. The zero-order chi connectivity index (χ0) is 18.6. The topological polar surface area (TPSA) is 74.5 Å². The summed E-state index contributed by atoms with van der Waals surface area (Å²) in [4.78, 5) is 16.1. The number of halogens is 1. The van der Waals surface area contributed by atoms with Crippen LogP contribution in [-0.2, 0) is 29.0 Å². The van der Waals surface area contributed by atoms with Crippen molar-refractivity contribution in [3.05, 3.63) is 64.5 Å². The molecule has 27 heavy (non-hydrogen) atoms. The van der Waals surface area contributed by atoms with Crippen molar-refractivity contribution in [2.24, 2.45) is 0 Å². The average molecular weight is 385 g/mol.